The summed E-state index contributed by atoms with van der Waals surface area (Å²) in [7, 11) is 0. The largest absolute Gasteiger partial charge is 0.493 e. The standard InChI is InChI=1S/C3F11N3/c4-1(5,6)15(11)2(7,8)16(12)3(9,10)17(13)14. The Balaban J connectivity index is 5.20. The smallest absolute Gasteiger partial charge is 0.166 e. The van der Waals surface area contributed by atoms with Crippen LogP contribution in [-0.4, -0.2) is 34.2 Å². The lowest BCUT2D eigenvalue weighted by molar-refractivity contribution is -0.530. The molecule has 0 rings (SSSR count). The maximum Gasteiger partial charge on any atom is 0.493 e. The lowest BCUT2D eigenvalue weighted by Crippen LogP contribution is -2.60. The molecule has 0 N–H and O–H groups in total. The Morgan fingerprint density at radius 3 is 1.12 bits per heavy atom. The highest BCUT2D eigenvalue weighted by atomic mass is 19.4. The van der Waals surface area contributed by atoms with E-state index in [1.807, 2.05) is 0 Å². The molecular weight excluding hydrogens is 287 g/mol. The second-order valence-electron chi connectivity index (χ2n) is 2.28. The first kappa shape index (κ1) is 16.1. The van der Waals surface area contributed by atoms with Crippen LogP contribution < -0.4 is 0 Å². The molecular formula is C3F11N3. The van der Waals surface area contributed by atoms with Crippen molar-refractivity contribution in [1.82, 2.24) is 15.6 Å². The fraction of sp³-hybridized carbons (Fsp3) is 1.00. The number of alkyl halides is 7. The molecule has 0 saturated heterocycles. The van der Waals surface area contributed by atoms with Gasteiger partial charge in [-0.1, -0.05) is 8.96 Å². The highest BCUT2D eigenvalue weighted by Gasteiger charge is 2.68. The van der Waals surface area contributed by atoms with Gasteiger partial charge in [-0.15, -0.1) is 8.96 Å². The van der Waals surface area contributed by atoms with Crippen molar-refractivity contribution in [3.63, 3.8) is 0 Å². The summed E-state index contributed by atoms with van der Waals surface area (Å²) in [5.41, 5.74) is 0. The molecule has 0 heterocycles. The summed E-state index contributed by atoms with van der Waals surface area (Å²) in [6, 6.07) is 0. The van der Waals surface area contributed by atoms with Gasteiger partial charge in [0.15, 0.2) is 0 Å². The topological polar surface area (TPSA) is 9.72 Å². The van der Waals surface area contributed by atoms with Crippen molar-refractivity contribution in [2.45, 2.75) is 18.6 Å². The molecule has 0 fully saturated rings. The summed E-state index contributed by atoms with van der Waals surface area (Å²) in [4.78, 5) is 0. The first-order valence-electron chi connectivity index (χ1n) is 3.12. The average molecular weight is 287 g/mol. The zero-order valence-corrected chi connectivity index (χ0v) is 7.00. The van der Waals surface area contributed by atoms with E-state index < -0.39 is 34.2 Å². The molecule has 0 radical (unpaired) electrons. The third-order valence-electron chi connectivity index (χ3n) is 1.13. The summed E-state index contributed by atoms with van der Waals surface area (Å²) in [5.74, 6) is 0. The molecule has 0 aromatic carbocycles. The van der Waals surface area contributed by atoms with Gasteiger partial charge in [-0.25, -0.2) is 0 Å². The third-order valence-corrected chi connectivity index (χ3v) is 1.13. The highest BCUT2D eigenvalue weighted by Crippen LogP contribution is 2.41. The quantitative estimate of drug-likeness (QED) is 0.340. The van der Waals surface area contributed by atoms with Crippen LogP contribution in [-0.2, 0) is 0 Å². The van der Waals surface area contributed by atoms with E-state index in [-0.39, 0.29) is 0 Å². The van der Waals surface area contributed by atoms with Gasteiger partial charge in [0.2, 0.25) is 0 Å². The van der Waals surface area contributed by atoms with Crippen LogP contribution in [0.15, 0.2) is 0 Å². The van der Waals surface area contributed by atoms with E-state index >= 15 is 0 Å². The van der Waals surface area contributed by atoms with E-state index in [1.165, 1.54) is 0 Å². The molecule has 0 spiro atoms. The predicted molar refractivity (Wildman–Crippen MR) is 25.9 cm³/mol. The minimum atomic E-state index is -6.70. The fourth-order valence-corrected chi connectivity index (χ4v) is 0.458. The van der Waals surface area contributed by atoms with Gasteiger partial charge in [0.05, 0.1) is 0 Å². The van der Waals surface area contributed by atoms with Crippen LogP contribution in [0.1, 0.15) is 0 Å². The summed E-state index contributed by atoms with van der Waals surface area (Å²) >= 11 is 0. The van der Waals surface area contributed by atoms with E-state index in [0.29, 0.717) is 0 Å². The molecule has 0 atom stereocenters. The Labute approximate surface area is 84.3 Å². The molecule has 0 aliphatic carbocycles. The van der Waals surface area contributed by atoms with Gasteiger partial charge >= 0.3 is 18.6 Å². The first-order valence-corrected chi connectivity index (χ1v) is 3.12. The van der Waals surface area contributed by atoms with Crippen LogP contribution in [0, 0.1) is 0 Å². The van der Waals surface area contributed by atoms with Crippen LogP contribution in [0.4, 0.5) is 48.7 Å². The van der Waals surface area contributed by atoms with Gasteiger partial charge in [0.25, 0.3) is 0 Å². The van der Waals surface area contributed by atoms with E-state index in [0.717, 1.165) is 0 Å². The predicted octanol–water partition coefficient (Wildman–Crippen LogP) is 3.05. The van der Waals surface area contributed by atoms with Crippen LogP contribution in [0.5, 0.6) is 0 Å². The third kappa shape index (κ3) is 3.06. The molecule has 0 saturated carbocycles. The van der Waals surface area contributed by atoms with Crippen molar-refractivity contribution in [2.24, 2.45) is 0 Å². The van der Waals surface area contributed by atoms with E-state index in [4.69, 9.17) is 0 Å². The molecule has 0 aliphatic rings. The van der Waals surface area contributed by atoms with Crippen molar-refractivity contribution >= 4 is 0 Å². The molecule has 104 valence electrons. The minimum absolute atomic E-state index is 3.47. The van der Waals surface area contributed by atoms with Crippen LogP contribution in [0.2, 0.25) is 0 Å². The number of nitrogens with zero attached hydrogens (tertiary/aromatic N) is 3. The molecule has 0 amide bonds. The first-order chi connectivity index (χ1) is 7.25. The summed E-state index contributed by atoms with van der Waals surface area (Å²) in [6.45, 7) is 0. The highest BCUT2D eigenvalue weighted by molar-refractivity contribution is 4.65. The average Bonchev–Trinajstić information content (AvgIpc) is 2.13. The Bertz CT molecular complexity index is 259. The van der Waals surface area contributed by atoms with Crippen LogP contribution >= 0.6 is 0 Å². The molecule has 0 bridgehead atoms. The minimum Gasteiger partial charge on any atom is -0.166 e. The Kier molecular flexibility index (Phi) is 4.18. The number of hydrogen-bond acceptors (Lipinski definition) is 3. The van der Waals surface area contributed by atoms with Gasteiger partial charge in [-0.3, -0.25) is 0 Å². The van der Waals surface area contributed by atoms with Crippen LogP contribution in [0.3, 0.4) is 0 Å². The molecule has 0 aromatic rings. The zero-order chi connectivity index (χ0) is 14.2. The Morgan fingerprint density at radius 1 is 0.529 bits per heavy atom. The maximum absolute atomic E-state index is 12.1. The van der Waals surface area contributed by atoms with Gasteiger partial charge in [0.1, 0.15) is 5.34 Å². The van der Waals surface area contributed by atoms with Crippen molar-refractivity contribution in [3.05, 3.63) is 0 Å². The number of rotatable bonds is 4. The monoisotopic (exact) mass is 287 g/mol. The fourth-order valence-electron chi connectivity index (χ4n) is 0.458. The molecule has 17 heavy (non-hydrogen) atoms. The summed E-state index contributed by atoms with van der Waals surface area (Å²) in [6.07, 6.45) is -19.8. The molecule has 0 aromatic heterocycles. The SMILES string of the molecule is FN(F)C(F)(F)N(F)C(F)(F)N(F)C(F)(F)F. The van der Waals surface area contributed by atoms with Crippen molar-refractivity contribution in [2.75, 3.05) is 0 Å². The second-order valence-corrected chi connectivity index (χ2v) is 2.28. The number of halogens is 11. The summed E-state index contributed by atoms with van der Waals surface area (Å²) in [5, 5.41) is -10.7. The molecule has 0 unspecified atom stereocenters. The van der Waals surface area contributed by atoms with E-state index in [9.17, 15) is 48.7 Å². The van der Waals surface area contributed by atoms with Crippen LogP contribution in [0.25, 0.3) is 0 Å². The van der Waals surface area contributed by atoms with Crippen molar-refractivity contribution < 1.29 is 48.7 Å². The Hall–Kier alpha value is -0.890. The Morgan fingerprint density at radius 2 is 0.882 bits per heavy atom. The maximum atomic E-state index is 12.1. The van der Waals surface area contributed by atoms with E-state index in [1.54, 1.807) is 0 Å². The summed E-state index contributed by atoms with van der Waals surface area (Å²) < 4.78 is 128. The van der Waals surface area contributed by atoms with Gasteiger partial charge in [-0.2, -0.15) is 30.7 Å². The molecule has 14 heteroatoms. The second kappa shape index (κ2) is 4.41. The zero-order valence-electron chi connectivity index (χ0n) is 7.00. The van der Waals surface area contributed by atoms with Crippen molar-refractivity contribution in [3.8, 4) is 0 Å². The van der Waals surface area contributed by atoms with Gasteiger partial charge < -0.3 is 0 Å². The lowest BCUT2D eigenvalue weighted by Gasteiger charge is -2.31. The van der Waals surface area contributed by atoms with E-state index in [2.05, 4.69) is 0 Å². The molecule has 3 nitrogen and oxygen atoms in total. The molecule has 0 aliphatic heterocycles. The van der Waals surface area contributed by atoms with Gasteiger partial charge in [-0.05, 0) is 0 Å². The normalized spacial score (nSPS) is 15.2. The van der Waals surface area contributed by atoms with Crippen molar-refractivity contribution in [1.29, 1.82) is 0 Å². The lowest BCUT2D eigenvalue weighted by atomic mass is 10.7. The van der Waals surface area contributed by atoms with Gasteiger partial charge in [0, 0.05) is 10.2 Å². The number of hydrogen-bond donors (Lipinski definition) is 0.